The van der Waals surface area contributed by atoms with Crippen LogP contribution in [0, 0.1) is 0 Å². The molecule has 0 spiro atoms. The van der Waals surface area contributed by atoms with E-state index >= 15 is 0 Å². The molecular weight excluding hydrogens is 264 g/mol. The normalized spacial score (nSPS) is 13.7. The van der Waals surface area contributed by atoms with Crippen LogP contribution in [0.2, 0.25) is 0 Å². The maximum atomic E-state index is 5.76. The highest BCUT2D eigenvalue weighted by Gasteiger charge is 2.15. The summed E-state index contributed by atoms with van der Waals surface area (Å²) in [6.07, 6.45) is 0. The Bertz CT molecular complexity index is 584. The number of aromatic nitrogens is 3. The van der Waals surface area contributed by atoms with Gasteiger partial charge in [-0.3, -0.25) is 0 Å². The van der Waals surface area contributed by atoms with E-state index in [-0.39, 0.29) is 18.0 Å². The lowest BCUT2D eigenvalue weighted by atomic mass is 10.1. The van der Waals surface area contributed by atoms with Crippen molar-refractivity contribution < 1.29 is 0 Å². The molecule has 0 amide bonds. The maximum Gasteiger partial charge on any atom is 0.229 e. The first-order chi connectivity index (χ1) is 9.97. The van der Waals surface area contributed by atoms with Crippen LogP contribution in [-0.2, 0) is 0 Å². The number of anilines is 2. The van der Waals surface area contributed by atoms with Gasteiger partial charge >= 0.3 is 0 Å². The number of nitrogens with two attached hydrogens (primary N) is 1. The summed E-state index contributed by atoms with van der Waals surface area (Å²) in [6.45, 7) is 4.14. The molecule has 0 aliphatic heterocycles. The molecule has 2 aromatic rings. The van der Waals surface area contributed by atoms with Crippen molar-refractivity contribution in [1.82, 2.24) is 20.3 Å². The Hall–Kier alpha value is -2.21. The van der Waals surface area contributed by atoms with Gasteiger partial charge in [-0.25, -0.2) is 0 Å². The molecule has 1 aromatic carbocycles. The second-order valence-corrected chi connectivity index (χ2v) is 5.27. The highest BCUT2D eigenvalue weighted by atomic mass is 15.3. The highest BCUT2D eigenvalue weighted by Crippen LogP contribution is 2.18. The van der Waals surface area contributed by atoms with Crippen LogP contribution in [0.25, 0.3) is 0 Å². The molecule has 1 heterocycles. The Morgan fingerprint density at radius 2 is 1.67 bits per heavy atom. The van der Waals surface area contributed by atoms with Crippen LogP contribution >= 0.6 is 0 Å². The van der Waals surface area contributed by atoms with E-state index in [1.165, 1.54) is 5.56 Å². The number of nitrogen functional groups attached to an aromatic ring is 1. The lowest BCUT2D eigenvalue weighted by Crippen LogP contribution is -2.26. The van der Waals surface area contributed by atoms with Crippen molar-refractivity contribution in [3.8, 4) is 0 Å². The first-order valence-corrected chi connectivity index (χ1v) is 6.97. The van der Waals surface area contributed by atoms with Gasteiger partial charge in [-0.05, 0) is 19.4 Å². The number of hydrogen-bond donors (Lipinski definition) is 2. The average molecular weight is 286 g/mol. The lowest BCUT2D eigenvalue weighted by Gasteiger charge is -2.20. The van der Waals surface area contributed by atoms with Crippen LogP contribution in [-0.4, -0.2) is 29.0 Å². The first kappa shape index (κ1) is 15.2. The molecule has 112 valence electrons. The molecule has 0 aliphatic rings. The summed E-state index contributed by atoms with van der Waals surface area (Å²) in [5.41, 5.74) is 6.98. The molecule has 0 aliphatic carbocycles. The van der Waals surface area contributed by atoms with E-state index in [2.05, 4.69) is 39.3 Å². The molecule has 0 fully saturated rings. The minimum Gasteiger partial charge on any atom is -0.368 e. The third-order valence-electron chi connectivity index (χ3n) is 3.25. The zero-order valence-corrected chi connectivity index (χ0v) is 12.9. The molecule has 3 N–H and O–H groups in total. The SMILES string of the molecule is C[C@H](N[C@@H](C)c1nc(N)nc(N(C)C)n1)c1ccccc1. The fourth-order valence-electron chi connectivity index (χ4n) is 2.08. The van der Waals surface area contributed by atoms with Gasteiger partial charge in [0.2, 0.25) is 11.9 Å². The molecule has 0 unspecified atom stereocenters. The molecule has 0 saturated carbocycles. The van der Waals surface area contributed by atoms with E-state index in [4.69, 9.17) is 5.73 Å². The van der Waals surface area contributed by atoms with Gasteiger partial charge in [0.25, 0.3) is 0 Å². The number of hydrogen-bond acceptors (Lipinski definition) is 6. The summed E-state index contributed by atoms with van der Waals surface area (Å²) in [4.78, 5) is 14.6. The van der Waals surface area contributed by atoms with Crippen molar-refractivity contribution in [3.63, 3.8) is 0 Å². The van der Waals surface area contributed by atoms with Gasteiger partial charge in [0.15, 0.2) is 5.82 Å². The zero-order valence-electron chi connectivity index (χ0n) is 12.9. The first-order valence-electron chi connectivity index (χ1n) is 6.97. The smallest absolute Gasteiger partial charge is 0.229 e. The summed E-state index contributed by atoms with van der Waals surface area (Å²) >= 11 is 0. The standard InChI is InChI=1S/C15H22N6/c1-10(12-8-6-5-7-9-12)17-11(2)13-18-14(16)20-15(19-13)21(3)4/h5-11,17H,1-4H3,(H2,16,18,19,20)/t10-,11-/m0/s1. The van der Waals surface area contributed by atoms with Crippen LogP contribution in [0.4, 0.5) is 11.9 Å². The van der Waals surface area contributed by atoms with Crippen molar-refractivity contribution in [2.45, 2.75) is 25.9 Å². The summed E-state index contributed by atoms with van der Waals surface area (Å²) in [5, 5.41) is 3.48. The quantitative estimate of drug-likeness (QED) is 0.874. The molecule has 0 radical (unpaired) electrons. The van der Waals surface area contributed by atoms with Crippen LogP contribution in [0.1, 0.15) is 37.3 Å². The van der Waals surface area contributed by atoms with Crippen LogP contribution in [0.3, 0.4) is 0 Å². The van der Waals surface area contributed by atoms with E-state index in [9.17, 15) is 0 Å². The van der Waals surface area contributed by atoms with E-state index in [0.29, 0.717) is 11.8 Å². The summed E-state index contributed by atoms with van der Waals surface area (Å²) in [7, 11) is 3.76. The van der Waals surface area contributed by atoms with Crippen LogP contribution in [0.15, 0.2) is 30.3 Å². The maximum absolute atomic E-state index is 5.76. The molecule has 6 nitrogen and oxygen atoms in total. The second-order valence-electron chi connectivity index (χ2n) is 5.27. The number of nitrogens with zero attached hydrogens (tertiary/aromatic N) is 4. The number of rotatable bonds is 5. The van der Waals surface area contributed by atoms with Crippen molar-refractivity contribution in [3.05, 3.63) is 41.7 Å². The van der Waals surface area contributed by atoms with Gasteiger partial charge in [0.05, 0.1) is 6.04 Å². The van der Waals surface area contributed by atoms with E-state index in [1.54, 1.807) is 0 Å². The van der Waals surface area contributed by atoms with Crippen molar-refractivity contribution in [1.29, 1.82) is 0 Å². The van der Waals surface area contributed by atoms with Crippen molar-refractivity contribution in [2.24, 2.45) is 0 Å². The largest absolute Gasteiger partial charge is 0.368 e. The third kappa shape index (κ3) is 3.88. The molecule has 1 aromatic heterocycles. The molecule has 0 bridgehead atoms. The van der Waals surface area contributed by atoms with Gasteiger partial charge in [-0.1, -0.05) is 30.3 Å². The summed E-state index contributed by atoms with van der Waals surface area (Å²) < 4.78 is 0. The predicted octanol–water partition coefficient (Wildman–Crippen LogP) is 1.93. The van der Waals surface area contributed by atoms with E-state index in [1.807, 2.05) is 44.1 Å². The minimum atomic E-state index is -0.0239. The topological polar surface area (TPSA) is 80.0 Å². The Labute approximate surface area is 125 Å². The summed E-state index contributed by atoms with van der Waals surface area (Å²) in [6, 6.07) is 10.4. The van der Waals surface area contributed by atoms with Gasteiger partial charge in [-0.2, -0.15) is 15.0 Å². The average Bonchev–Trinajstić information content (AvgIpc) is 2.47. The highest BCUT2D eigenvalue weighted by molar-refractivity contribution is 5.33. The Kier molecular flexibility index (Phi) is 4.70. The fourth-order valence-corrected chi connectivity index (χ4v) is 2.08. The Morgan fingerprint density at radius 3 is 2.29 bits per heavy atom. The number of benzene rings is 1. The Morgan fingerprint density at radius 1 is 1.00 bits per heavy atom. The van der Waals surface area contributed by atoms with Crippen LogP contribution < -0.4 is 16.0 Å². The zero-order chi connectivity index (χ0) is 15.4. The van der Waals surface area contributed by atoms with Crippen molar-refractivity contribution in [2.75, 3.05) is 24.7 Å². The Balaban J connectivity index is 2.15. The van der Waals surface area contributed by atoms with E-state index in [0.717, 1.165) is 0 Å². The molecular formula is C15H22N6. The molecule has 0 saturated heterocycles. The van der Waals surface area contributed by atoms with Gasteiger partial charge in [0, 0.05) is 20.1 Å². The van der Waals surface area contributed by atoms with Gasteiger partial charge in [-0.15, -0.1) is 0 Å². The van der Waals surface area contributed by atoms with Gasteiger partial charge < -0.3 is 16.0 Å². The monoisotopic (exact) mass is 286 g/mol. The minimum absolute atomic E-state index is 0.0239. The molecule has 2 rings (SSSR count). The van der Waals surface area contributed by atoms with Gasteiger partial charge in [0.1, 0.15) is 0 Å². The predicted molar refractivity (Wildman–Crippen MR) is 85.0 cm³/mol. The number of nitrogens with one attached hydrogen (secondary N) is 1. The molecule has 21 heavy (non-hydrogen) atoms. The third-order valence-corrected chi connectivity index (χ3v) is 3.25. The van der Waals surface area contributed by atoms with Crippen LogP contribution in [0.5, 0.6) is 0 Å². The van der Waals surface area contributed by atoms with E-state index < -0.39 is 0 Å². The lowest BCUT2D eigenvalue weighted by molar-refractivity contribution is 0.476. The summed E-state index contributed by atoms with van der Waals surface area (Å²) in [5.74, 6) is 1.46. The second kappa shape index (κ2) is 6.49. The molecule has 2 atom stereocenters. The molecule has 6 heteroatoms. The van der Waals surface area contributed by atoms with Crippen molar-refractivity contribution >= 4 is 11.9 Å². The fraction of sp³-hybridized carbons (Fsp3) is 0.400.